The van der Waals surface area contributed by atoms with Gasteiger partial charge in [0.1, 0.15) is 12.1 Å². The molecule has 1 aromatic carbocycles. The average Bonchev–Trinajstić information content (AvgIpc) is 2.65. The summed E-state index contributed by atoms with van der Waals surface area (Å²) in [6.07, 6.45) is 2.89. The predicted molar refractivity (Wildman–Crippen MR) is 59.5 cm³/mol. The second kappa shape index (κ2) is 4.30. The molecule has 0 aliphatic carbocycles. The van der Waals surface area contributed by atoms with Crippen LogP contribution in [0.15, 0.2) is 35.7 Å². The van der Waals surface area contributed by atoms with Gasteiger partial charge in [-0.05, 0) is 17.7 Å². The lowest BCUT2D eigenvalue weighted by atomic mass is 10.2. The summed E-state index contributed by atoms with van der Waals surface area (Å²) in [5.74, 6) is 5.98. The quantitative estimate of drug-likeness (QED) is 0.386. The van der Waals surface area contributed by atoms with Crippen molar-refractivity contribution in [3.05, 3.63) is 36.2 Å². The van der Waals surface area contributed by atoms with Crippen molar-refractivity contribution in [2.75, 3.05) is 11.3 Å². The van der Waals surface area contributed by atoms with Crippen LogP contribution in [0.2, 0.25) is 0 Å². The van der Waals surface area contributed by atoms with E-state index in [1.54, 1.807) is 24.3 Å². The molecule has 0 radical (unpaired) electrons. The molecule has 1 aromatic heterocycles. The molecule has 4 N–H and O–H groups in total. The maximum atomic E-state index is 9.21. The Balaban J connectivity index is 2.03. The number of rotatable bonds is 3. The number of hydrogen-bond acceptors (Lipinski definition) is 6. The number of aromatic hydroxyl groups is 1. The second-order valence-electron chi connectivity index (χ2n) is 3.03. The van der Waals surface area contributed by atoms with Crippen LogP contribution < -0.4 is 11.3 Å². The van der Waals surface area contributed by atoms with Crippen molar-refractivity contribution in [1.29, 1.82) is 0 Å². The van der Waals surface area contributed by atoms with Crippen LogP contribution in [0.3, 0.4) is 0 Å². The van der Waals surface area contributed by atoms with Crippen LogP contribution in [-0.4, -0.2) is 26.2 Å². The van der Waals surface area contributed by atoms with Crippen molar-refractivity contribution in [3.63, 3.8) is 0 Å². The molecular formula is C9H10N6O. The molecule has 0 atom stereocenters. The molecule has 82 valence electrons. The molecule has 1 heterocycles. The summed E-state index contributed by atoms with van der Waals surface area (Å²) in [6.45, 7) is 0. The Labute approximate surface area is 91.2 Å². The summed E-state index contributed by atoms with van der Waals surface area (Å²) in [6, 6.07) is 6.69. The molecule has 16 heavy (non-hydrogen) atoms. The first-order valence-electron chi connectivity index (χ1n) is 4.49. The van der Waals surface area contributed by atoms with Gasteiger partial charge in [-0.3, -0.25) is 0 Å². The molecule has 0 aliphatic rings. The van der Waals surface area contributed by atoms with Crippen molar-refractivity contribution in [2.45, 2.75) is 0 Å². The first kappa shape index (κ1) is 9.97. The lowest BCUT2D eigenvalue weighted by Gasteiger charge is -1.97. The maximum Gasteiger partial charge on any atom is 0.263 e. The van der Waals surface area contributed by atoms with Crippen LogP contribution in [0, 0.1) is 0 Å². The van der Waals surface area contributed by atoms with Crippen LogP contribution in [0.5, 0.6) is 5.75 Å². The summed E-state index contributed by atoms with van der Waals surface area (Å²) in [4.78, 5) is 0. The highest BCUT2D eigenvalue weighted by Crippen LogP contribution is 2.08. The fourth-order valence-corrected chi connectivity index (χ4v) is 1.09. The minimum atomic E-state index is 0.186. The number of anilines is 1. The summed E-state index contributed by atoms with van der Waals surface area (Å²) in [7, 11) is 0. The van der Waals surface area contributed by atoms with Crippen LogP contribution in [0.1, 0.15) is 5.56 Å². The lowest BCUT2D eigenvalue weighted by Crippen LogP contribution is -2.10. The van der Waals surface area contributed by atoms with Gasteiger partial charge in [-0.25, -0.2) is 10.1 Å². The van der Waals surface area contributed by atoms with Crippen LogP contribution in [-0.2, 0) is 0 Å². The van der Waals surface area contributed by atoms with Gasteiger partial charge in [-0.2, -0.15) is 5.10 Å². The third-order valence-corrected chi connectivity index (χ3v) is 1.82. The van der Waals surface area contributed by atoms with Gasteiger partial charge in [-0.1, -0.05) is 12.1 Å². The highest BCUT2D eigenvalue weighted by Gasteiger charge is 1.96. The molecule has 0 unspecified atom stereocenters. The van der Waals surface area contributed by atoms with Crippen LogP contribution >= 0.6 is 0 Å². The van der Waals surface area contributed by atoms with E-state index in [0.717, 1.165) is 5.56 Å². The van der Waals surface area contributed by atoms with Crippen molar-refractivity contribution in [2.24, 2.45) is 5.10 Å². The van der Waals surface area contributed by atoms with Crippen LogP contribution in [0.25, 0.3) is 0 Å². The Morgan fingerprint density at radius 2 is 2.38 bits per heavy atom. The van der Waals surface area contributed by atoms with Crippen molar-refractivity contribution in [3.8, 4) is 5.75 Å². The smallest absolute Gasteiger partial charge is 0.263 e. The molecule has 7 heteroatoms. The van der Waals surface area contributed by atoms with E-state index >= 15 is 0 Å². The Kier molecular flexibility index (Phi) is 2.68. The van der Waals surface area contributed by atoms with Gasteiger partial charge in [0.25, 0.3) is 5.95 Å². The topological polar surface area (TPSA) is 101 Å². The number of hydrazone groups is 1. The average molecular weight is 218 g/mol. The first-order chi connectivity index (χ1) is 7.75. The molecule has 2 aromatic rings. The van der Waals surface area contributed by atoms with E-state index in [9.17, 15) is 5.11 Å². The zero-order chi connectivity index (χ0) is 11.4. The van der Waals surface area contributed by atoms with E-state index in [1.165, 1.54) is 17.2 Å². The van der Waals surface area contributed by atoms with E-state index in [-0.39, 0.29) is 5.75 Å². The van der Waals surface area contributed by atoms with E-state index in [2.05, 4.69) is 20.7 Å². The Morgan fingerprint density at radius 1 is 1.50 bits per heavy atom. The Hall–Kier alpha value is -2.57. The molecule has 0 spiro atoms. The highest BCUT2D eigenvalue weighted by molar-refractivity contribution is 5.80. The van der Waals surface area contributed by atoms with Gasteiger partial charge in [0.15, 0.2) is 0 Å². The molecule has 0 fully saturated rings. The van der Waals surface area contributed by atoms with Crippen molar-refractivity contribution in [1.82, 2.24) is 14.9 Å². The van der Waals surface area contributed by atoms with Gasteiger partial charge in [0, 0.05) is 0 Å². The summed E-state index contributed by atoms with van der Waals surface area (Å²) < 4.78 is 1.21. The number of aromatic nitrogens is 3. The maximum absolute atomic E-state index is 9.21. The molecule has 0 saturated heterocycles. The predicted octanol–water partition coefficient (Wildman–Crippen LogP) is 0.143. The molecule has 2 rings (SSSR count). The van der Waals surface area contributed by atoms with Crippen molar-refractivity contribution < 1.29 is 5.11 Å². The van der Waals surface area contributed by atoms with Gasteiger partial charge < -0.3 is 10.9 Å². The van der Waals surface area contributed by atoms with Gasteiger partial charge in [0.2, 0.25) is 0 Å². The van der Waals surface area contributed by atoms with Gasteiger partial charge >= 0.3 is 0 Å². The lowest BCUT2D eigenvalue weighted by molar-refractivity contribution is 0.475. The first-order valence-corrected chi connectivity index (χ1v) is 4.49. The number of benzene rings is 1. The van der Waals surface area contributed by atoms with Gasteiger partial charge in [-0.15, -0.1) is 10.2 Å². The van der Waals surface area contributed by atoms with E-state index in [0.29, 0.717) is 5.95 Å². The molecular weight excluding hydrogens is 208 g/mol. The van der Waals surface area contributed by atoms with Crippen molar-refractivity contribution >= 4 is 12.2 Å². The molecule has 0 aliphatic heterocycles. The summed E-state index contributed by atoms with van der Waals surface area (Å²) in [5.41, 5.74) is 3.37. The fraction of sp³-hybridized carbons (Fsp3) is 0. The third kappa shape index (κ3) is 2.27. The van der Waals surface area contributed by atoms with Gasteiger partial charge in [0.05, 0.1) is 6.21 Å². The molecule has 7 nitrogen and oxygen atoms in total. The number of phenolic OH excluding ortho intramolecular Hbond substituents is 1. The number of nitrogens with zero attached hydrogens (tertiary/aromatic N) is 4. The minimum Gasteiger partial charge on any atom is -0.508 e. The summed E-state index contributed by atoms with van der Waals surface area (Å²) >= 11 is 0. The Bertz CT molecular complexity index is 506. The molecule has 0 amide bonds. The number of nitrogens with two attached hydrogens (primary N) is 1. The fourth-order valence-electron chi connectivity index (χ4n) is 1.09. The van der Waals surface area contributed by atoms with Crippen LogP contribution in [0.4, 0.5) is 5.95 Å². The normalized spacial score (nSPS) is 10.8. The standard InChI is InChI=1S/C9H10N6O/c10-15-6-12-14-9(15)13-11-5-7-2-1-3-8(16)4-7/h1-6,16H,10H2,(H,13,14)/b11-5+. The van der Waals surface area contributed by atoms with E-state index in [1.807, 2.05) is 0 Å². The number of hydrogen-bond donors (Lipinski definition) is 3. The largest absolute Gasteiger partial charge is 0.508 e. The zero-order valence-electron chi connectivity index (χ0n) is 8.28. The molecule has 0 saturated carbocycles. The van der Waals surface area contributed by atoms with E-state index < -0.39 is 0 Å². The Morgan fingerprint density at radius 3 is 3.06 bits per heavy atom. The van der Waals surface area contributed by atoms with E-state index in [4.69, 9.17) is 5.84 Å². The zero-order valence-corrected chi connectivity index (χ0v) is 8.28. The minimum absolute atomic E-state index is 0.186. The summed E-state index contributed by atoms with van der Waals surface area (Å²) in [5, 5.41) is 20.4. The number of nitrogens with one attached hydrogen (secondary N) is 1. The molecule has 0 bridgehead atoms. The highest BCUT2D eigenvalue weighted by atomic mass is 16.3. The number of nitrogen functional groups attached to an aromatic ring is 1. The monoisotopic (exact) mass is 218 g/mol. The number of phenols is 1. The SMILES string of the molecule is Nn1cnnc1N/N=C/c1cccc(O)c1. The second-order valence-corrected chi connectivity index (χ2v) is 3.03. The third-order valence-electron chi connectivity index (χ3n) is 1.82.